The van der Waals surface area contributed by atoms with Crippen LogP contribution in [0.25, 0.3) is 0 Å². The first-order valence-electron chi connectivity index (χ1n) is 9.59. The smallest absolute Gasteiger partial charge is 0.271 e. The summed E-state index contributed by atoms with van der Waals surface area (Å²) in [5.74, 6) is 0.629. The number of carbonyl (C=O) groups excluding carboxylic acids is 1. The van der Waals surface area contributed by atoms with Gasteiger partial charge in [0.2, 0.25) is 0 Å². The summed E-state index contributed by atoms with van der Waals surface area (Å²) in [5.41, 5.74) is 1.91. The van der Waals surface area contributed by atoms with E-state index < -0.39 is 10.8 Å². The number of carbonyl (C=O) groups is 1. The summed E-state index contributed by atoms with van der Waals surface area (Å²) in [5, 5.41) is 17.1. The van der Waals surface area contributed by atoms with Crippen molar-refractivity contribution in [2.75, 3.05) is 19.0 Å². The Balaban J connectivity index is 1.51. The molecule has 164 valence electrons. The standard InChI is InChI=1S/C23H21N3O6/c1-30-22-12-18(10-11-21(22)31-15-17-6-3-2-4-7-17)14-24-32-16-23(27)25-19-8-5-9-20(13-19)26(28)29/h2-14H,15-16H2,1H3,(H,25,27)/b24-14+. The second-order valence-electron chi connectivity index (χ2n) is 6.55. The third-order valence-corrected chi connectivity index (χ3v) is 4.24. The van der Waals surface area contributed by atoms with Gasteiger partial charge in [-0.1, -0.05) is 41.6 Å². The number of hydrogen-bond acceptors (Lipinski definition) is 7. The van der Waals surface area contributed by atoms with Gasteiger partial charge in [-0.2, -0.15) is 0 Å². The van der Waals surface area contributed by atoms with Crippen LogP contribution >= 0.6 is 0 Å². The fraction of sp³-hybridized carbons (Fsp3) is 0.130. The first-order valence-corrected chi connectivity index (χ1v) is 9.59. The summed E-state index contributed by atoms with van der Waals surface area (Å²) in [7, 11) is 1.54. The Labute approximate surface area is 184 Å². The molecule has 1 N–H and O–H groups in total. The molecular formula is C23H21N3O6. The molecule has 9 nitrogen and oxygen atoms in total. The van der Waals surface area contributed by atoms with Crippen molar-refractivity contribution >= 4 is 23.5 Å². The Morgan fingerprint density at radius 2 is 1.88 bits per heavy atom. The summed E-state index contributed by atoms with van der Waals surface area (Å²) >= 11 is 0. The Bertz CT molecular complexity index is 1100. The van der Waals surface area contributed by atoms with Crippen molar-refractivity contribution in [3.8, 4) is 11.5 Å². The first kappa shape index (κ1) is 22.3. The number of anilines is 1. The Hall–Kier alpha value is -4.40. The van der Waals surface area contributed by atoms with Gasteiger partial charge in [0.05, 0.1) is 18.2 Å². The predicted octanol–water partition coefficient (Wildman–Crippen LogP) is 4.17. The molecule has 0 aliphatic carbocycles. The highest BCUT2D eigenvalue weighted by molar-refractivity contribution is 5.92. The van der Waals surface area contributed by atoms with Crippen LogP contribution in [0, 0.1) is 10.1 Å². The van der Waals surface area contributed by atoms with Gasteiger partial charge in [-0.05, 0) is 29.8 Å². The number of nitro benzene ring substituents is 1. The number of rotatable bonds is 10. The third kappa shape index (κ3) is 6.56. The van der Waals surface area contributed by atoms with Crippen molar-refractivity contribution in [3.63, 3.8) is 0 Å². The molecule has 0 fully saturated rings. The van der Waals surface area contributed by atoms with Gasteiger partial charge in [0, 0.05) is 23.4 Å². The molecule has 3 aromatic rings. The van der Waals surface area contributed by atoms with E-state index in [0.29, 0.717) is 29.4 Å². The zero-order valence-electron chi connectivity index (χ0n) is 17.3. The maximum absolute atomic E-state index is 11.9. The van der Waals surface area contributed by atoms with Gasteiger partial charge >= 0.3 is 0 Å². The summed E-state index contributed by atoms with van der Waals surface area (Å²) in [6, 6.07) is 20.7. The molecular weight excluding hydrogens is 414 g/mol. The number of amides is 1. The monoisotopic (exact) mass is 435 g/mol. The molecule has 0 saturated heterocycles. The molecule has 0 aliphatic rings. The van der Waals surface area contributed by atoms with Crippen molar-refractivity contribution in [1.82, 2.24) is 0 Å². The van der Waals surface area contributed by atoms with E-state index >= 15 is 0 Å². The van der Waals surface area contributed by atoms with Gasteiger partial charge < -0.3 is 19.6 Å². The number of oxime groups is 1. The topological polar surface area (TPSA) is 112 Å². The lowest BCUT2D eigenvalue weighted by Crippen LogP contribution is -2.17. The highest BCUT2D eigenvalue weighted by atomic mass is 16.6. The molecule has 0 aliphatic heterocycles. The number of benzene rings is 3. The molecule has 9 heteroatoms. The molecule has 0 spiro atoms. The highest BCUT2D eigenvalue weighted by Crippen LogP contribution is 2.28. The normalized spacial score (nSPS) is 10.5. The number of hydrogen-bond donors (Lipinski definition) is 1. The molecule has 0 radical (unpaired) electrons. The first-order chi connectivity index (χ1) is 15.5. The van der Waals surface area contributed by atoms with Crippen molar-refractivity contribution in [3.05, 3.63) is 94.0 Å². The van der Waals surface area contributed by atoms with E-state index in [2.05, 4.69) is 10.5 Å². The average Bonchev–Trinajstić information content (AvgIpc) is 2.81. The van der Waals surface area contributed by atoms with Gasteiger partial charge in [0.1, 0.15) is 6.61 Å². The number of nitrogens with zero attached hydrogens (tertiary/aromatic N) is 2. The number of nitro groups is 1. The fourth-order valence-corrected chi connectivity index (χ4v) is 2.71. The molecule has 0 atom stereocenters. The minimum atomic E-state index is -0.539. The SMILES string of the molecule is COc1cc(/C=N/OCC(=O)Nc2cccc([N+](=O)[O-])c2)ccc1OCc1ccccc1. The Morgan fingerprint density at radius 1 is 1.06 bits per heavy atom. The number of non-ortho nitro benzene ring substituents is 1. The van der Waals surface area contributed by atoms with E-state index in [1.54, 1.807) is 31.4 Å². The molecule has 3 rings (SSSR count). The molecule has 0 bridgehead atoms. The van der Waals surface area contributed by atoms with Gasteiger partial charge in [0.25, 0.3) is 11.6 Å². The summed E-state index contributed by atoms with van der Waals surface area (Å²) in [4.78, 5) is 27.2. The maximum Gasteiger partial charge on any atom is 0.271 e. The summed E-state index contributed by atoms with van der Waals surface area (Å²) in [6.07, 6.45) is 1.43. The van der Waals surface area contributed by atoms with E-state index in [9.17, 15) is 14.9 Å². The lowest BCUT2D eigenvalue weighted by atomic mass is 10.2. The van der Waals surface area contributed by atoms with Crippen molar-refractivity contribution < 1.29 is 24.0 Å². The van der Waals surface area contributed by atoms with Crippen molar-refractivity contribution in [2.45, 2.75) is 6.61 Å². The molecule has 0 unspecified atom stereocenters. The van der Waals surface area contributed by atoms with E-state index in [1.807, 2.05) is 30.3 Å². The van der Waals surface area contributed by atoms with Crippen LogP contribution < -0.4 is 14.8 Å². The molecule has 1 amide bonds. The molecule has 0 heterocycles. The molecule has 0 saturated carbocycles. The van der Waals surface area contributed by atoms with E-state index in [4.69, 9.17) is 14.3 Å². The van der Waals surface area contributed by atoms with Crippen LogP contribution in [0.5, 0.6) is 11.5 Å². The van der Waals surface area contributed by atoms with E-state index in [1.165, 1.54) is 24.4 Å². The predicted molar refractivity (Wildman–Crippen MR) is 119 cm³/mol. The molecule has 3 aromatic carbocycles. The molecule has 32 heavy (non-hydrogen) atoms. The quantitative estimate of drug-likeness (QED) is 0.291. The van der Waals surface area contributed by atoms with Crippen LogP contribution in [0.3, 0.4) is 0 Å². The van der Waals surface area contributed by atoms with Crippen LogP contribution in [0.1, 0.15) is 11.1 Å². The van der Waals surface area contributed by atoms with Crippen molar-refractivity contribution in [1.29, 1.82) is 0 Å². The van der Waals surface area contributed by atoms with E-state index in [0.717, 1.165) is 5.56 Å². The minimum Gasteiger partial charge on any atom is -0.493 e. The zero-order valence-corrected chi connectivity index (χ0v) is 17.3. The van der Waals surface area contributed by atoms with Crippen molar-refractivity contribution in [2.24, 2.45) is 5.16 Å². The molecule has 0 aromatic heterocycles. The second kappa shape index (κ2) is 11.1. The number of methoxy groups -OCH3 is 1. The fourth-order valence-electron chi connectivity index (χ4n) is 2.71. The lowest BCUT2D eigenvalue weighted by molar-refractivity contribution is -0.384. The number of nitrogens with one attached hydrogen (secondary N) is 1. The second-order valence-corrected chi connectivity index (χ2v) is 6.55. The van der Waals surface area contributed by atoms with Gasteiger partial charge in [0.15, 0.2) is 18.1 Å². The summed E-state index contributed by atoms with van der Waals surface area (Å²) < 4.78 is 11.2. The number of ether oxygens (including phenoxy) is 2. The summed E-state index contributed by atoms with van der Waals surface area (Å²) in [6.45, 7) is 0.0576. The highest BCUT2D eigenvalue weighted by Gasteiger charge is 2.09. The minimum absolute atomic E-state index is 0.119. The lowest BCUT2D eigenvalue weighted by Gasteiger charge is -2.11. The maximum atomic E-state index is 11.9. The van der Waals surface area contributed by atoms with Crippen LogP contribution in [0.4, 0.5) is 11.4 Å². The Kier molecular flexibility index (Phi) is 7.74. The zero-order chi connectivity index (χ0) is 22.8. The Morgan fingerprint density at radius 3 is 2.62 bits per heavy atom. The van der Waals surface area contributed by atoms with Crippen LogP contribution in [0.15, 0.2) is 78.0 Å². The van der Waals surface area contributed by atoms with Gasteiger partial charge in [-0.25, -0.2) is 0 Å². The van der Waals surface area contributed by atoms with Gasteiger partial charge in [-0.15, -0.1) is 0 Å². The largest absolute Gasteiger partial charge is 0.493 e. The van der Waals surface area contributed by atoms with E-state index in [-0.39, 0.29) is 12.3 Å². The third-order valence-electron chi connectivity index (χ3n) is 4.24. The van der Waals surface area contributed by atoms with Gasteiger partial charge in [-0.3, -0.25) is 14.9 Å². The van der Waals surface area contributed by atoms with Crippen LogP contribution in [-0.4, -0.2) is 30.8 Å². The van der Waals surface area contributed by atoms with Crippen LogP contribution in [-0.2, 0) is 16.2 Å². The average molecular weight is 435 g/mol. The van der Waals surface area contributed by atoms with Crippen LogP contribution in [0.2, 0.25) is 0 Å².